The lowest BCUT2D eigenvalue weighted by Gasteiger charge is -2.39. The second-order valence-electron chi connectivity index (χ2n) is 11.6. The average molecular weight is 694 g/mol. The molecule has 2 saturated heterocycles. The maximum atomic E-state index is 12.9. The molecule has 15 nitrogen and oxygen atoms in total. The van der Waals surface area contributed by atoms with Crippen LogP contribution in [-0.4, -0.2) is 134 Å². The van der Waals surface area contributed by atoms with Crippen molar-refractivity contribution in [2.24, 2.45) is 5.16 Å². The number of ether oxygens (including phenoxy) is 2. The molecule has 0 radical (unpaired) electrons. The zero-order valence-corrected chi connectivity index (χ0v) is 27.2. The highest BCUT2D eigenvalue weighted by molar-refractivity contribution is 8.00. The van der Waals surface area contributed by atoms with Crippen LogP contribution in [0, 0.1) is 0 Å². The van der Waals surface area contributed by atoms with Crippen molar-refractivity contribution in [3.05, 3.63) is 47.6 Å². The quantitative estimate of drug-likeness (QED) is 0.109. The lowest BCUT2D eigenvalue weighted by molar-refractivity contribution is -0.205. The molecule has 6 atom stereocenters. The number of rotatable bonds is 8. The highest BCUT2D eigenvalue weighted by Gasteiger charge is 2.43. The van der Waals surface area contributed by atoms with Gasteiger partial charge in [0.15, 0.2) is 6.61 Å². The predicted octanol–water partition coefficient (Wildman–Crippen LogP) is 0.106. The van der Waals surface area contributed by atoms with Gasteiger partial charge in [0, 0.05) is 25.6 Å². The molecule has 2 amide bonds. The first-order chi connectivity index (χ1) is 23.1. The molecule has 264 valence electrons. The van der Waals surface area contributed by atoms with Crippen molar-refractivity contribution < 1.29 is 59.3 Å². The smallest absolute Gasteiger partial charge is 0.342 e. The molecule has 3 heterocycles. The van der Waals surface area contributed by atoms with Crippen molar-refractivity contribution in [1.29, 1.82) is 0 Å². The molecule has 0 aromatic heterocycles. The van der Waals surface area contributed by atoms with Gasteiger partial charge in [-0.1, -0.05) is 23.4 Å². The van der Waals surface area contributed by atoms with Gasteiger partial charge in [-0.2, -0.15) is 0 Å². The lowest BCUT2D eigenvalue weighted by Crippen LogP contribution is -2.57. The maximum absolute atomic E-state index is 12.9. The first kappa shape index (κ1) is 37.2. The van der Waals surface area contributed by atoms with Gasteiger partial charge < -0.3 is 55.2 Å². The SMILES string of the molecule is O=C(CSC1OC(CO)C(O)C(O)C1O)N[C@H]1/C=C/CCOC(=O)c2c(O)cc(O)cc2CC(=N\OCC(=O)N2CCCCC2)/C=C/C1. The average Bonchev–Trinajstić information content (AvgIpc) is 3.06. The Hall–Kier alpha value is -3.67. The van der Waals surface area contributed by atoms with Crippen molar-refractivity contribution >= 4 is 35.3 Å². The van der Waals surface area contributed by atoms with Crippen molar-refractivity contribution in [2.45, 2.75) is 74.4 Å². The third-order valence-corrected chi connectivity index (χ3v) is 9.15. The van der Waals surface area contributed by atoms with Crippen molar-refractivity contribution in [3.8, 4) is 11.5 Å². The van der Waals surface area contributed by atoms with Crippen LogP contribution in [0.4, 0.5) is 0 Å². The summed E-state index contributed by atoms with van der Waals surface area (Å²) >= 11 is 0.899. The van der Waals surface area contributed by atoms with Crippen LogP contribution in [0.1, 0.15) is 48.0 Å². The van der Waals surface area contributed by atoms with E-state index < -0.39 is 60.1 Å². The Morgan fingerprint density at radius 2 is 1.83 bits per heavy atom. The number of thioether (sulfide) groups is 1. The number of phenolic OH excluding ortho intramolecular Hbond substituents is 2. The van der Waals surface area contributed by atoms with Crippen LogP contribution in [0.25, 0.3) is 0 Å². The van der Waals surface area contributed by atoms with Gasteiger partial charge in [0.05, 0.1) is 30.7 Å². The Kier molecular flexibility index (Phi) is 14.1. The number of aromatic hydroxyl groups is 2. The van der Waals surface area contributed by atoms with Crippen LogP contribution in [0.15, 0.2) is 41.6 Å². The molecule has 4 rings (SSSR count). The molecule has 0 spiro atoms. The Balaban J connectivity index is 1.47. The summed E-state index contributed by atoms with van der Waals surface area (Å²) in [5, 5.41) is 67.3. The van der Waals surface area contributed by atoms with E-state index in [1.807, 2.05) is 0 Å². The van der Waals surface area contributed by atoms with Crippen LogP contribution in [0.2, 0.25) is 0 Å². The van der Waals surface area contributed by atoms with Gasteiger partial charge in [0.25, 0.3) is 5.91 Å². The molecule has 1 aromatic rings. The summed E-state index contributed by atoms with van der Waals surface area (Å²) in [4.78, 5) is 45.6. The molecular weight excluding hydrogens is 650 g/mol. The number of allylic oxidation sites excluding steroid dienone is 1. The van der Waals surface area contributed by atoms with Crippen molar-refractivity contribution in [2.75, 3.05) is 38.7 Å². The number of nitrogens with one attached hydrogen (secondary N) is 1. The number of benzene rings is 1. The molecule has 0 saturated carbocycles. The number of phenols is 2. The van der Waals surface area contributed by atoms with Crippen LogP contribution < -0.4 is 5.32 Å². The fourth-order valence-electron chi connectivity index (χ4n) is 5.47. The summed E-state index contributed by atoms with van der Waals surface area (Å²) in [6, 6.07) is 1.80. The van der Waals surface area contributed by atoms with Gasteiger partial charge in [-0.3, -0.25) is 9.59 Å². The number of esters is 1. The Morgan fingerprint density at radius 3 is 2.58 bits per heavy atom. The number of hydrogen-bond donors (Lipinski definition) is 7. The number of aliphatic hydroxyl groups is 4. The zero-order valence-electron chi connectivity index (χ0n) is 26.3. The number of nitrogens with zero attached hydrogens (tertiary/aromatic N) is 2. The van der Waals surface area contributed by atoms with Gasteiger partial charge >= 0.3 is 5.97 Å². The lowest BCUT2D eigenvalue weighted by atomic mass is 9.99. The number of carbonyl (C=O) groups excluding carboxylic acids is 3. The van der Waals surface area contributed by atoms with E-state index in [1.165, 1.54) is 6.07 Å². The Morgan fingerprint density at radius 1 is 1.06 bits per heavy atom. The monoisotopic (exact) mass is 693 g/mol. The number of cyclic esters (lactones) is 1. The fraction of sp³-hybridized carbons (Fsp3) is 0.562. The van der Waals surface area contributed by atoms with Gasteiger partial charge in [-0.15, -0.1) is 11.8 Å². The normalized spacial score (nSPS) is 29.2. The summed E-state index contributed by atoms with van der Waals surface area (Å²) in [5.74, 6) is -2.38. The molecule has 0 aliphatic carbocycles. The molecule has 48 heavy (non-hydrogen) atoms. The van der Waals surface area contributed by atoms with Gasteiger partial charge in [0.2, 0.25) is 5.91 Å². The highest BCUT2D eigenvalue weighted by Crippen LogP contribution is 2.30. The van der Waals surface area contributed by atoms with E-state index in [0.29, 0.717) is 19.5 Å². The van der Waals surface area contributed by atoms with Crippen LogP contribution in [0.3, 0.4) is 0 Å². The Labute approximate surface area is 281 Å². The molecule has 2 fully saturated rings. The number of oxime groups is 1. The molecule has 3 aliphatic heterocycles. The van der Waals surface area contributed by atoms with Gasteiger partial charge in [-0.05, 0) is 49.8 Å². The largest absolute Gasteiger partial charge is 0.508 e. The number of carbonyl (C=O) groups is 3. The molecule has 0 bridgehead atoms. The highest BCUT2D eigenvalue weighted by atomic mass is 32.2. The standard InChI is InChI=1S/C32H43N3O12S/c36-16-24-28(41)29(42)30(43)32(47-24)48-18-25(39)33-20-7-2-5-12-45-31(44)27-19(14-22(37)15-23(27)38)13-21(9-6-8-20)34-46-17-26(40)35-10-3-1-4-11-35/h2,6-7,9,14-15,20,24,28-30,32,36-38,41-43H,1,3-5,8,10-13,16-18H2,(H,33,39)/b7-2+,9-6+,34-21-/t20-,24?,28?,29?,30?,32?/m0/s1. The number of likely N-dealkylation sites (tertiary alicyclic amines) is 1. The van der Waals surface area contributed by atoms with E-state index in [2.05, 4.69) is 10.5 Å². The van der Waals surface area contributed by atoms with Crippen LogP contribution in [-0.2, 0) is 30.3 Å². The zero-order chi connectivity index (χ0) is 34.6. The topological polar surface area (TPSA) is 228 Å². The molecule has 5 unspecified atom stereocenters. The second-order valence-corrected chi connectivity index (χ2v) is 12.7. The summed E-state index contributed by atoms with van der Waals surface area (Å²) in [6.07, 6.45) is 4.48. The minimum atomic E-state index is -1.55. The molecule has 1 aromatic carbocycles. The van der Waals surface area contributed by atoms with E-state index in [4.69, 9.17) is 14.3 Å². The fourth-order valence-corrected chi connectivity index (χ4v) is 6.44. The minimum absolute atomic E-state index is 0.0405. The maximum Gasteiger partial charge on any atom is 0.342 e. The van der Waals surface area contributed by atoms with Crippen LogP contribution in [0.5, 0.6) is 11.5 Å². The summed E-state index contributed by atoms with van der Waals surface area (Å²) < 4.78 is 10.8. The predicted molar refractivity (Wildman–Crippen MR) is 173 cm³/mol. The van der Waals surface area contributed by atoms with E-state index in [0.717, 1.165) is 37.1 Å². The Bertz CT molecular complexity index is 1360. The second kappa shape index (κ2) is 18.2. The molecule has 3 aliphatic rings. The van der Waals surface area contributed by atoms with E-state index in [-0.39, 0.29) is 60.3 Å². The van der Waals surface area contributed by atoms with Crippen LogP contribution >= 0.6 is 11.8 Å². The van der Waals surface area contributed by atoms with Gasteiger partial charge in [0.1, 0.15) is 46.9 Å². The van der Waals surface area contributed by atoms with E-state index in [1.54, 1.807) is 29.2 Å². The first-order valence-electron chi connectivity index (χ1n) is 15.8. The van der Waals surface area contributed by atoms with E-state index >= 15 is 0 Å². The summed E-state index contributed by atoms with van der Waals surface area (Å²) in [7, 11) is 0. The number of aliphatic hydroxyl groups excluding tert-OH is 4. The van der Waals surface area contributed by atoms with E-state index in [9.17, 15) is 45.0 Å². The number of piperidine rings is 1. The number of fused-ring (bicyclic) bond motifs is 1. The first-order valence-corrected chi connectivity index (χ1v) is 16.9. The van der Waals surface area contributed by atoms with Crippen molar-refractivity contribution in [3.63, 3.8) is 0 Å². The molecule has 16 heteroatoms. The van der Waals surface area contributed by atoms with Gasteiger partial charge in [-0.25, -0.2) is 4.79 Å². The third-order valence-electron chi connectivity index (χ3n) is 8.00. The van der Waals surface area contributed by atoms with Crippen molar-refractivity contribution in [1.82, 2.24) is 10.2 Å². The third kappa shape index (κ3) is 10.4. The summed E-state index contributed by atoms with van der Waals surface area (Å²) in [5.41, 5.74) is -0.733. The molecular formula is C32H43N3O12S. The number of amides is 2. The summed E-state index contributed by atoms with van der Waals surface area (Å²) in [6.45, 7) is 0.372. The minimum Gasteiger partial charge on any atom is -0.508 e. The number of hydrogen-bond acceptors (Lipinski definition) is 14. The molecule has 7 N–H and O–H groups in total.